The second kappa shape index (κ2) is 20.3. The Hall–Kier alpha value is 0.0169. The monoisotopic (exact) mass is 418 g/mol. The van der Waals surface area contributed by atoms with Gasteiger partial charge in [0.2, 0.25) is 0 Å². The molecule has 0 aromatic rings. The summed E-state index contributed by atoms with van der Waals surface area (Å²) >= 11 is 0. The Bertz CT molecular complexity index is 310. The van der Waals surface area contributed by atoms with Crippen molar-refractivity contribution in [3.05, 3.63) is 0 Å². The van der Waals surface area contributed by atoms with Crippen molar-refractivity contribution in [1.82, 2.24) is 5.32 Å². The van der Waals surface area contributed by atoms with E-state index in [1.807, 2.05) is 0 Å². The molecule has 0 heterocycles. The average molecular weight is 419 g/mol. The fourth-order valence-electron chi connectivity index (χ4n) is 3.61. The number of unbranched alkanes of at least 4 members (excludes halogenated alkanes) is 11. The number of rotatable bonds is 22. The van der Waals surface area contributed by atoms with Gasteiger partial charge in [-0.15, -0.1) is 0 Å². The third-order valence-corrected chi connectivity index (χ3v) is 8.44. The molecule has 0 spiro atoms. The van der Waals surface area contributed by atoms with Gasteiger partial charge in [0.15, 0.2) is 0 Å². The van der Waals surface area contributed by atoms with Crippen molar-refractivity contribution >= 4 is 8.80 Å². The van der Waals surface area contributed by atoms with Gasteiger partial charge in [-0.25, -0.2) is 0 Å². The van der Waals surface area contributed by atoms with Crippen LogP contribution in [0, 0.1) is 0 Å². The zero-order valence-electron chi connectivity index (χ0n) is 19.4. The Balaban J connectivity index is 3.29. The summed E-state index contributed by atoms with van der Waals surface area (Å²) in [7, 11) is 2.73. The lowest BCUT2D eigenvalue weighted by molar-refractivity contribution is 0.122. The Labute approximate surface area is 176 Å². The molecule has 0 aliphatic heterocycles. The molecule has 0 rings (SSSR count). The van der Waals surface area contributed by atoms with Crippen LogP contribution < -0.4 is 11.1 Å². The van der Waals surface area contributed by atoms with Gasteiger partial charge in [0.1, 0.15) is 0 Å². The summed E-state index contributed by atoms with van der Waals surface area (Å²) in [5.41, 5.74) is 6.15. The maximum Gasteiger partial charge on any atom is 0.500 e. The van der Waals surface area contributed by atoms with Crippen LogP contribution in [0.5, 0.6) is 0 Å². The molecule has 0 aromatic heterocycles. The molecule has 6 heteroatoms. The fourth-order valence-corrected chi connectivity index (χ4v) is 5.40. The molecule has 0 fully saturated rings. The molecular weight excluding hydrogens is 368 g/mol. The van der Waals surface area contributed by atoms with Gasteiger partial charge in [-0.05, 0) is 25.8 Å². The van der Waals surface area contributed by atoms with E-state index in [0.29, 0.717) is 6.04 Å². The summed E-state index contributed by atoms with van der Waals surface area (Å²) in [5.74, 6) is 0. The summed E-state index contributed by atoms with van der Waals surface area (Å²) in [5, 5.41) is 3.53. The molecule has 0 saturated carbocycles. The molecular formula is C22H50N2O3Si. The second-order valence-corrected chi connectivity index (χ2v) is 11.1. The molecule has 0 aliphatic carbocycles. The molecule has 1 atom stereocenters. The lowest BCUT2D eigenvalue weighted by atomic mass is 10.1. The average Bonchev–Trinajstić information content (AvgIpc) is 2.72. The molecule has 0 aliphatic rings. The minimum Gasteiger partial charge on any atom is -0.377 e. The normalized spacial score (nSPS) is 13.2. The van der Waals surface area contributed by atoms with Gasteiger partial charge in [-0.1, -0.05) is 77.6 Å². The third-order valence-electron chi connectivity index (χ3n) is 5.60. The van der Waals surface area contributed by atoms with Crippen molar-refractivity contribution in [1.29, 1.82) is 0 Å². The second-order valence-electron chi connectivity index (χ2n) is 8.04. The van der Waals surface area contributed by atoms with Crippen molar-refractivity contribution < 1.29 is 13.3 Å². The molecule has 28 heavy (non-hydrogen) atoms. The Morgan fingerprint density at radius 1 is 0.714 bits per heavy atom. The fraction of sp³-hybridized carbons (Fsp3) is 1.00. The standard InChI is InChI=1S/C22H50N2O3Si/c1-5-6-7-15-18-22(23)21-24-19-16-13-11-9-8-10-12-14-17-20-28(25-2,26-3)27-4/h22,24H,5-21,23H2,1-4H3. The minimum atomic E-state index is -2.35. The Morgan fingerprint density at radius 3 is 1.75 bits per heavy atom. The maximum absolute atomic E-state index is 6.15. The van der Waals surface area contributed by atoms with E-state index in [1.165, 1.54) is 83.5 Å². The predicted molar refractivity (Wildman–Crippen MR) is 123 cm³/mol. The van der Waals surface area contributed by atoms with Crippen LogP contribution in [0.1, 0.15) is 96.8 Å². The van der Waals surface area contributed by atoms with Gasteiger partial charge in [0.05, 0.1) is 0 Å². The van der Waals surface area contributed by atoms with Crippen molar-refractivity contribution in [3.63, 3.8) is 0 Å². The molecule has 0 saturated heterocycles. The molecule has 170 valence electrons. The maximum atomic E-state index is 6.15. The van der Waals surface area contributed by atoms with Crippen molar-refractivity contribution in [3.8, 4) is 0 Å². The van der Waals surface area contributed by atoms with E-state index in [2.05, 4.69) is 12.2 Å². The third kappa shape index (κ3) is 15.9. The van der Waals surface area contributed by atoms with Crippen LogP contribution in [0.25, 0.3) is 0 Å². The lowest BCUT2D eigenvalue weighted by Crippen LogP contribution is -2.42. The van der Waals surface area contributed by atoms with Crippen molar-refractivity contribution in [2.24, 2.45) is 5.73 Å². The van der Waals surface area contributed by atoms with Crippen LogP contribution in [-0.4, -0.2) is 49.3 Å². The topological polar surface area (TPSA) is 65.7 Å². The minimum absolute atomic E-state index is 0.335. The molecule has 0 bridgehead atoms. The highest BCUT2D eigenvalue weighted by atomic mass is 28.4. The zero-order chi connectivity index (χ0) is 20.9. The molecule has 0 amide bonds. The van der Waals surface area contributed by atoms with Crippen LogP contribution in [0.2, 0.25) is 6.04 Å². The summed E-state index contributed by atoms with van der Waals surface area (Å²) < 4.78 is 16.4. The summed E-state index contributed by atoms with van der Waals surface area (Å²) in [6.07, 6.45) is 18.1. The van der Waals surface area contributed by atoms with Gasteiger partial charge in [-0.3, -0.25) is 0 Å². The number of hydrogen-bond acceptors (Lipinski definition) is 5. The summed E-state index contributed by atoms with van der Waals surface area (Å²) in [6, 6.07) is 1.26. The summed E-state index contributed by atoms with van der Waals surface area (Å²) in [6.45, 7) is 4.35. The largest absolute Gasteiger partial charge is 0.500 e. The number of hydrogen-bond donors (Lipinski definition) is 2. The smallest absolute Gasteiger partial charge is 0.377 e. The first-order valence-corrected chi connectivity index (χ1v) is 13.7. The van der Waals surface area contributed by atoms with Gasteiger partial charge >= 0.3 is 8.80 Å². The van der Waals surface area contributed by atoms with E-state index in [-0.39, 0.29) is 0 Å². The number of nitrogens with one attached hydrogen (secondary N) is 1. The molecule has 3 N–H and O–H groups in total. The van der Waals surface area contributed by atoms with Crippen LogP contribution in [0.15, 0.2) is 0 Å². The molecule has 1 unspecified atom stereocenters. The molecule has 0 radical (unpaired) electrons. The van der Waals surface area contributed by atoms with Crippen LogP contribution in [-0.2, 0) is 13.3 Å². The van der Waals surface area contributed by atoms with Crippen molar-refractivity contribution in [2.45, 2.75) is 109 Å². The van der Waals surface area contributed by atoms with Crippen LogP contribution in [0.4, 0.5) is 0 Å². The highest BCUT2D eigenvalue weighted by molar-refractivity contribution is 6.60. The Morgan fingerprint density at radius 2 is 1.21 bits per heavy atom. The predicted octanol–water partition coefficient (Wildman–Crippen LogP) is 5.26. The first-order chi connectivity index (χ1) is 13.6. The van der Waals surface area contributed by atoms with E-state index < -0.39 is 8.80 Å². The van der Waals surface area contributed by atoms with Crippen LogP contribution >= 0.6 is 0 Å². The van der Waals surface area contributed by atoms with Gasteiger partial charge in [0, 0.05) is 40.0 Å². The first-order valence-electron chi connectivity index (χ1n) is 11.8. The number of nitrogens with two attached hydrogens (primary N) is 1. The van der Waals surface area contributed by atoms with E-state index >= 15 is 0 Å². The molecule has 5 nitrogen and oxygen atoms in total. The van der Waals surface area contributed by atoms with Crippen LogP contribution in [0.3, 0.4) is 0 Å². The van der Waals surface area contributed by atoms with Crippen molar-refractivity contribution in [2.75, 3.05) is 34.4 Å². The van der Waals surface area contributed by atoms with Gasteiger partial charge in [-0.2, -0.15) is 0 Å². The van der Waals surface area contributed by atoms with Gasteiger partial charge in [0.25, 0.3) is 0 Å². The van der Waals surface area contributed by atoms with E-state index in [9.17, 15) is 0 Å². The van der Waals surface area contributed by atoms with Gasteiger partial charge < -0.3 is 24.3 Å². The molecule has 0 aromatic carbocycles. The van der Waals surface area contributed by atoms with E-state index in [1.54, 1.807) is 21.3 Å². The Kier molecular flexibility index (Phi) is 20.3. The quantitative estimate of drug-likeness (QED) is 0.185. The lowest BCUT2D eigenvalue weighted by Gasteiger charge is -2.24. The first kappa shape index (κ1) is 28.0. The zero-order valence-corrected chi connectivity index (χ0v) is 20.4. The SMILES string of the molecule is CCCCCCC(N)CNCCCCCCCCCCC[Si](OC)(OC)OC. The van der Waals surface area contributed by atoms with E-state index in [4.69, 9.17) is 19.0 Å². The highest BCUT2D eigenvalue weighted by Gasteiger charge is 2.36. The van der Waals surface area contributed by atoms with E-state index in [0.717, 1.165) is 25.6 Å². The highest BCUT2D eigenvalue weighted by Crippen LogP contribution is 2.18. The summed E-state index contributed by atoms with van der Waals surface area (Å²) in [4.78, 5) is 0.